The van der Waals surface area contributed by atoms with E-state index in [9.17, 15) is 0 Å². The minimum absolute atomic E-state index is 0.696. The quantitative estimate of drug-likeness (QED) is 0.552. The molecule has 2 N–H and O–H groups in total. The number of unbranched alkanes of at least 4 members (excludes halogenated alkanes) is 1. The molecule has 0 bridgehead atoms. The SMILES string of the molecule is COCCOCCCN1CCN(CCCCN)CC1. The molecule has 1 aliphatic heterocycles. The van der Waals surface area contributed by atoms with Crippen molar-refractivity contribution in [2.24, 2.45) is 5.73 Å². The van der Waals surface area contributed by atoms with E-state index in [-0.39, 0.29) is 0 Å². The van der Waals surface area contributed by atoms with Gasteiger partial charge in [-0.25, -0.2) is 0 Å². The molecular weight excluding hydrogens is 242 g/mol. The molecule has 0 unspecified atom stereocenters. The van der Waals surface area contributed by atoms with E-state index in [0.29, 0.717) is 13.2 Å². The van der Waals surface area contributed by atoms with Crippen molar-refractivity contribution in [3.63, 3.8) is 0 Å². The Kier molecular flexibility index (Phi) is 10.3. The minimum Gasteiger partial charge on any atom is -0.382 e. The van der Waals surface area contributed by atoms with Gasteiger partial charge in [0.1, 0.15) is 0 Å². The number of nitrogens with zero attached hydrogens (tertiary/aromatic N) is 2. The van der Waals surface area contributed by atoms with Crippen LogP contribution in [0.15, 0.2) is 0 Å². The van der Waals surface area contributed by atoms with Gasteiger partial charge in [0.05, 0.1) is 13.2 Å². The molecule has 0 atom stereocenters. The van der Waals surface area contributed by atoms with Crippen LogP contribution in [0.4, 0.5) is 0 Å². The molecule has 5 nitrogen and oxygen atoms in total. The van der Waals surface area contributed by atoms with E-state index >= 15 is 0 Å². The second-order valence-electron chi connectivity index (χ2n) is 5.14. The maximum atomic E-state index is 5.52. The molecule has 0 aliphatic carbocycles. The Hall–Kier alpha value is -0.200. The van der Waals surface area contributed by atoms with Crippen LogP contribution in [0.3, 0.4) is 0 Å². The first-order valence-corrected chi connectivity index (χ1v) is 7.58. The van der Waals surface area contributed by atoms with Gasteiger partial charge >= 0.3 is 0 Å². The number of piperazine rings is 1. The molecule has 0 saturated carbocycles. The van der Waals surface area contributed by atoms with E-state index in [1.165, 1.54) is 39.1 Å². The van der Waals surface area contributed by atoms with E-state index in [0.717, 1.165) is 32.5 Å². The van der Waals surface area contributed by atoms with E-state index in [1.807, 2.05) is 0 Å². The zero-order valence-electron chi connectivity index (χ0n) is 12.5. The van der Waals surface area contributed by atoms with Crippen LogP contribution in [-0.4, -0.2) is 82.5 Å². The summed E-state index contributed by atoms with van der Waals surface area (Å²) < 4.78 is 10.4. The molecule has 19 heavy (non-hydrogen) atoms. The molecular formula is C14H31N3O2. The van der Waals surface area contributed by atoms with Crippen molar-refractivity contribution < 1.29 is 9.47 Å². The minimum atomic E-state index is 0.696. The summed E-state index contributed by atoms with van der Waals surface area (Å²) in [7, 11) is 1.70. The lowest BCUT2D eigenvalue weighted by Crippen LogP contribution is -2.46. The van der Waals surface area contributed by atoms with Crippen molar-refractivity contribution in [2.75, 3.05) is 72.7 Å². The van der Waals surface area contributed by atoms with Crippen LogP contribution in [0, 0.1) is 0 Å². The fraction of sp³-hybridized carbons (Fsp3) is 1.00. The number of methoxy groups -OCH3 is 1. The molecule has 5 heteroatoms. The highest BCUT2D eigenvalue weighted by atomic mass is 16.5. The summed E-state index contributed by atoms with van der Waals surface area (Å²) in [4.78, 5) is 5.10. The summed E-state index contributed by atoms with van der Waals surface area (Å²) in [5.74, 6) is 0. The molecule has 0 aromatic carbocycles. The number of hydrogen-bond acceptors (Lipinski definition) is 5. The second-order valence-corrected chi connectivity index (χ2v) is 5.14. The summed E-state index contributed by atoms with van der Waals surface area (Å²) >= 11 is 0. The number of ether oxygens (including phenoxy) is 2. The Labute approximate surface area is 118 Å². The fourth-order valence-electron chi connectivity index (χ4n) is 2.35. The lowest BCUT2D eigenvalue weighted by Gasteiger charge is -2.34. The molecule has 0 aromatic heterocycles. The molecule has 1 saturated heterocycles. The highest BCUT2D eigenvalue weighted by Crippen LogP contribution is 2.04. The first-order valence-electron chi connectivity index (χ1n) is 7.58. The third-order valence-corrected chi connectivity index (χ3v) is 3.59. The Morgan fingerprint density at radius 2 is 1.47 bits per heavy atom. The summed E-state index contributed by atoms with van der Waals surface area (Å²) in [6.45, 7) is 10.2. The van der Waals surface area contributed by atoms with Crippen LogP contribution >= 0.6 is 0 Å². The number of hydrogen-bond donors (Lipinski definition) is 1. The average molecular weight is 273 g/mol. The molecule has 0 aromatic rings. The van der Waals surface area contributed by atoms with Crippen molar-refractivity contribution in [3.8, 4) is 0 Å². The van der Waals surface area contributed by atoms with Crippen LogP contribution in [0.5, 0.6) is 0 Å². The maximum Gasteiger partial charge on any atom is 0.0700 e. The van der Waals surface area contributed by atoms with Gasteiger partial charge in [-0.05, 0) is 32.4 Å². The highest BCUT2D eigenvalue weighted by molar-refractivity contribution is 4.71. The van der Waals surface area contributed by atoms with Crippen LogP contribution in [0.2, 0.25) is 0 Å². The fourth-order valence-corrected chi connectivity index (χ4v) is 2.35. The summed E-state index contributed by atoms with van der Waals surface area (Å²) in [6, 6.07) is 0. The average Bonchev–Trinajstić information content (AvgIpc) is 2.44. The Bertz CT molecular complexity index is 194. The van der Waals surface area contributed by atoms with E-state index in [2.05, 4.69) is 9.80 Å². The highest BCUT2D eigenvalue weighted by Gasteiger charge is 2.15. The molecule has 1 fully saturated rings. The van der Waals surface area contributed by atoms with Gasteiger partial charge < -0.3 is 25.0 Å². The normalized spacial score (nSPS) is 18.0. The first kappa shape index (κ1) is 16.9. The van der Waals surface area contributed by atoms with Gasteiger partial charge in [0.25, 0.3) is 0 Å². The molecule has 1 rings (SSSR count). The van der Waals surface area contributed by atoms with Crippen LogP contribution in [0.25, 0.3) is 0 Å². The van der Waals surface area contributed by atoms with Crippen LogP contribution in [-0.2, 0) is 9.47 Å². The van der Waals surface area contributed by atoms with Crippen molar-refractivity contribution in [1.29, 1.82) is 0 Å². The van der Waals surface area contributed by atoms with E-state index in [4.69, 9.17) is 15.2 Å². The smallest absolute Gasteiger partial charge is 0.0700 e. The van der Waals surface area contributed by atoms with Crippen molar-refractivity contribution in [2.45, 2.75) is 19.3 Å². The van der Waals surface area contributed by atoms with Gasteiger partial charge in [-0.2, -0.15) is 0 Å². The van der Waals surface area contributed by atoms with Crippen molar-refractivity contribution >= 4 is 0 Å². The van der Waals surface area contributed by atoms with Crippen molar-refractivity contribution in [1.82, 2.24) is 9.80 Å². The zero-order chi connectivity index (χ0) is 13.8. The third kappa shape index (κ3) is 8.55. The molecule has 114 valence electrons. The Balaban J connectivity index is 1.92. The topological polar surface area (TPSA) is 51.0 Å². The second kappa shape index (κ2) is 11.6. The van der Waals surface area contributed by atoms with E-state index < -0.39 is 0 Å². The number of nitrogens with two attached hydrogens (primary N) is 1. The lowest BCUT2D eigenvalue weighted by atomic mass is 10.2. The molecule has 0 spiro atoms. The van der Waals surface area contributed by atoms with Gasteiger partial charge in [-0.1, -0.05) is 0 Å². The first-order chi connectivity index (χ1) is 9.36. The zero-order valence-corrected chi connectivity index (χ0v) is 12.5. The van der Waals surface area contributed by atoms with Crippen molar-refractivity contribution in [3.05, 3.63) is 0 Å². The summed E-state index contributed by atoms with van der Waals surface area (Å²) in [5.41, 5.74) is 5.52. The predicted octanol–water partition coefficient (Wildman–Crippen LogP) is 0.396. The maximum absolute atomic E-state index is 5.52. The summed E-state index contributed by atoms with van der Waals surface area (Å²) in [5, 5.41) is 0. The monoisotopic (exact) mass is 273 g/mol. The largest absolute Gasteiger partial charge is 0.382 e. The number of rotatable bonds is 11. The Morgan fingerprint density at radius 1 is 0.842 bits per heavy atom. The van der Waals surface area contributed by atoms with Gasteiger partial charge in [-0.15, -0.1) is 0 Å². The predicted molar refractivity (Wildman–Crippen MR) is 78.5 cm³/mol. The Morgan fingerprint density at radius 3 is 2.05 bits per heavy atom. The third-order valence-electron chi connectivity index (χ3n) is 3.59. The van der Waals surface area contributed by atoms with Crippen LogP contribution in [0.1, 0.15) is 19.3 Å². The van der Waals surface area contributed by atoms with Gasteiger partial charge in [-0.3, -0.25) is 0 Å². The molecule has 0 amide bonds. The molecule has 1 heterocycles. The molecule has 1 aliphatic rings. The molecule has 0 radical (unpaired) electrons. The van der Waals surface area contributed by atoms with Gasteiger partial charge in [0, 0.05) is 46.4 Å². The van der Waals surface area contributed by atoms with Gasteiger partial charge in [0.15, 0.2) is 0 Å². The standard InChI is InChI=1S/C14H31N3O2/c1-18-13-14-19-12-4-7-17-10-8-16(9-11-17)6-3-2-5-15/h2-15H2,1H3. The summed E-state index contributed by atoms with van der Waals surface area (Å²) in [6.07, 6.45) is 3.51. The van der Waals surface area contributed by atoms with Gasteiger partial charge in [0.2, 0.25) is 0 Å². The van der Waals surface area contributed by atoms with Crippen LogP contribution < -0.4 is 5.73 Å². The van der Waals surface area contributed by atoms with E-state index in [1.54, 1.807) is 7.11 Å². The lowest BCUT2D eigenvalue weighted by molar-refractivity contribution is 0.0607.